The van der Waals surface area contributed by atoms with Crippen LogP contribution in [0.2, 0.25) is 0 Å². The number of nitrogens with zero attached hydrogens (tertiary/aromatic N) is 1. The second-order valence-electron chi connectivity index (χ2n) is 5.16. The zero-order chi connectivity index (χ0) is 17.0. The standard InChI is InChI=1S/C16H20N2O5/c1-4-23-12-7-5-11(6-8-12)18-14(19)9-13(15(18)20)17-10(2)16(21)22-3/h5-8,10,13,17H,4,9H2,1-3H3/t10-,13-/m1/s1. The molecule has 7 heteroatoms. The van der Waals surface area contributed by atoms with Crippen LogP contribution < -0.4 is 15.0 Å². The molecule has 0 unspecified atom stereocenters. The number of esters is 1. The molecule has 1 heterocycles. The maximum Gasteiger partial charge on any atom is 0.322 e. The first-order valence-electron chi connectivity index (χ1n) is 7.41. The van der Waals surface area contributed by atoms with Crippen LogP contribution in [0.15, 0.2) is 24.3 Å². The zero-order valence-corrected chi connectivity index (χ0v) is 13.4. The van der Waals surface area contributed by atoms with Crippen molar-refractivity contribution in [3.8, 4) is 5.75 Å². The molecular formula is C16H20N2O5. The van der Waals surface area contributed by atoms with E-state index in [4.69, 9.17) is 4.74 Å². The lowest BCUT2D eigenvalue weighted by molar-refractivity contribution is -0.143. The molecule has 0 radical (unpaired) electrons. The van der Waals surface area contributed by atoms with Gasteiger partial charge in [-0.05, 0) is 38.1 Å². The molecule has 23 heavy (non-hydrogen) atoms. The summed E-state index contributed by atoms with van der Waals surface area (Å²) in [4.78, 5) is 37.1. The van der Waals surface area contributed by atoms with Gasteiger partial charge in [0.25, 0.3) is 5.91 Å². The Bertz CT molecular complexity index is 599. The van der Waals surface area contributed by atoms with Gasteiger partial charge in [0.2, 0.25) is 5.91 Å². The molecule has 1 aliphatic rings. The molecule has 1 fully saturated rings. The lowest BCUT2D eigenvalue weighted by atomic mass is 10.2. The van der Waals surface area contributed by atoms with Gasteiger partial charge >= 0.3 is 5.97 Å². The van der Waals surface area contributed by atoms with Crippen LogP contribution in [0, 0.1) is 0 Å². The third-order valence-electron chi connectivity index (χ3n) is 3.56. The predicted octanol–water partition coefficient (Wildman–Crippen LogP) is 0.868. The van der Waals surface area contributed by atoms with Crippen LogP contribution in [0.25, 0.3) is 0 Å². The normalized spacial score (nSPS) is 18.9. The van der Waals surface area contributed by atoms with E-state index in [1.807, 2.05) is 6.92 Å². The van der Waals surface area contributed by atoms with Gasteiger partial charge in [0, 0.05) is 0 Å². The van der Waals surface area contributed by atoms with Gasteiger partial charge < -0.3 is 9.47 Å². The molecule has 0 spiro atoms. The van der Waals surface area contributed by atoms with E-state index in [2.05, 4.69) is 10.1 Å². The van der Waals surface area contributed by atoms with E-state index in [0.29, 0.717) is 18.0 Å². The summed E-state index contributed by atoms with van der Waals surface area (Å²) in [6.45, 7) is 4.00. The molecule has 0 aromatic heterocycles. The minimum absolute atomic E-state index is 0.00732. The molecule has 7 nitrogen and oxygen atoms in total. The van der Waals surface area contributed by atoms with Crippen LogP contribution in [0.5, 0.6) is 5.75 Å². The van der Waals surface area contributed by atoms with Crippen molar-refractivity contribution in [3.05, 3.63) is 24.3 Å². The van der Waals surface area contributed by atoms with Gasteiger partial charge in [0.15, 0.2) is 0 Å². The Morgan fingerprint density at radius 2 is 2.00 bits per heavy atom. The molecule has 0 saturated carbocycles. The van der Waals surface area contributed by atoms with E-state index in [-0.39, 0.29) is 18.2 Å². The summed E-state index contributed by atoms with van der Waals surface area (Å²) in [6.07, 6.45) is 0.00732. The highest BCUT2D eigenvalue weighted by Crippen LogP contribution is 2.25. The number of rotatable bonds is 6. The van der Waals surface area contributed by atoms with Crippen LogP contribution in [0.3, 0.4) is 0 Å². The van der Waals surface area contributed by atoms with Crippen LogP contribution in [-0.2, 0) is 19.1 Å². The van der Waals surface area contributed by atoms with Crippen molar-refractivity contribution in [2.45, 2.75) is 32.4 Å². The Morgan fingerprint density at radius 3 is 2.57 bits per heavy atom. The smallest absolute Gasteiger partial charge is 0.322 e. The number of anilines is 1. The van der Waals surface area contributed by atoms with Crippen molar-refractivity contribution in [1.82, 2.24) is 5.32 Å². The van der Waals surface area contributed by atoms with E-state index >= 15 is 0 Å². The maximum atomic E-state index is 12.4. The van der Waals surface area contributed by atoms with Crippen LogP contribution in [-0.4, -0.2) is 43.6 Å². The number of carbonyl (C=O) groups excluding carboxylic acids is 3. The third kappa shape index (κ3) is 3.68. The minimum atomic E-state index is -0.733. The van der Waals surface area contributed by atoms with Gasteiger partial charge in [-0.25, -0.2) is 4.90 Å². The molecule has 0 aliphatic carbocycles. The van der Waals surface area contributed by atoms with Crippen LogP contribution in [0.4, 0.5) is 5.69 Å². The minimum Gasteiger partial charge on any atom is -0.494 e. The van der Waals surface area contributed by atoms with Crippen molar-refractivity contribution < 1.29 is 23.9 Å². The van der Waals surface area contributed by atoms with Crippen molar-refractivity contribution in [2.75, 3.05) is 18.6 Å². The molecule has 1 aromatic rings. The van der Waals surface area contributed by atoms with E-state index in [1.54, 1.807) is 31.2 Å². The fourth-order valence-electron chi connectivity index (χ4n) is 2.44. The highest BCUT2D eigenvalue weighted by molar-refractivity contribution is 6.22. The molecule has 1 saturated heterocycles. The Labute approximate surface area is 134 Å². The number of benzene rings is 1. The van der Waals surface area contributed by atoms with Crippen molar-refractivity contribution in [2.24, 2.45) is 0 Å². The van der Waals surface area contributed by atoms with E-state index in [1.165, 1.54) is 7.11 Å². The number of ether oxygens (including phenoxy) is 2. The van der Waals surface area contributed by atoms with Gasteiger partial charge in [-0.3, -0.25) is 19.7 Å². The predicted molar refractivity (Wildman–Crippen MR) is 83.1 cm³/mol. The topological polar surface area (TPSA) is 84.9 Å². The van der Waals surface area contributed by atoms with E-state index in [9.17, 15) is 14.4 Å². The third-order valence-corrected chi connectivity index (χ3v) is 3.56. The highest BCUT2D eigenvalue weighted by atomic mass is 16.5. The fraction of sp³-hybridized carbons (Fsp3) is 0.438. The molecule has 0 bridgehead atoms. The molecular weight excluding hydrogens is 300 g/mol. The summed E-state index contributed by atoms with van der Waals surface area (Å²) in [7, 11) is 1.27. The Morgan fingerprint density at radius 1 is 1.35 bits per heavy atom. The Hall–Kier alpha value is -2.41. The fourth-order valence-corrected chi connectivity index (χ4v) is 2.44. The first-order chi connectivity index (χ1) is 11.0. The van der Waals surface area contributed by atoms with Crippen molar-refractivity contribution >= 4 is 23.5 Å². The monoisotopic (exact) mass is 320 g/mol. The summed E-state index contributed by atoms with van der Waals surface area (Å²) < 4.78 is 9.94. The number of imide groups is 1. The number of hydrogen-bond donors (Lipinski definition) is 1. The summed E-state index contributed by atoms with van der Waals surface area (Å²) in [5.74, 6) is -0.502. The number of methoxy groups -OCH3 is 1. The van der Waals surface area contributed by atoms with Gasteiger partial charge in [0.05, 0.1) is 31.9 Å². The largest absolute Gasteiger partial charge is 0.494 e. The second kappa shape index (κ2) is 7.23. The number of nitrogens with one attached hydrogen (secondary N) is 1. The summed E-state index contributed by atoms with van der Waals surface area (Å²) in [5, 5.41) is 2.83. The summed E-state index contributed by atoms with van der Waals surface area (Å²) in [6, 6.07) is 5.33. The average Bonchev–Trinajstić information content (AvgIpc) is 2.82. The maximum absolute atomic E-state index is 12.4. The van der Waals surface area contributed by atoms with Crippen LogP contribution >= 0.6 is 0 Å². The highest BCUT2D eigenvalue weighted by Gasteiger charge is 2.40. The molecule has 2 atom stereocenters. The molecule has 1 N–H and O–H groups in total. The molecule has 2 rings (SSSR count). The quantitative estimate of drug-likeness (QED) is 0.618. The number of carbonyl (C=O) groups is 3. The lowest BCUT2D eigenvalue weighted by Crippen LogP contribution is -2.46. The number of amides is 2. The van der Waals surface area contributed by atoms with Crippen molar-refractivity contribution in [1.29, 1.82) is 0 Å². The van der Waals surface area contributed by atoms with Gasteiger partial charge in [0.1, 0.15) is 11.8 Å². The average molecular weight is 320 g/mol. The van der Waals surface area contributed by atoms with Crippen LogP contribution in [0.1, 0.15) is 20.3 Å². The van der Waals surface area contributed by atoms with Crippen molar-refractivity contribution in [3.63, 3.8) is 0 Å². The Balaban J connectivity index is 2.10. The summed E-state index contributed by atoms with van der Waals surface area (Å²) >= 11 is 0. The SMILES string of the molecule is CCOc1ccc(N2C(=O)C[C@@H](N[C@H](C)C(=O)OC)C2=O)cc1. The zero-order valence-electron chi connectivity index (χ0n) is 13.4. The molecule has 1 aliphatic heterocycles. The first kappa shape index (κ1) is 17.0. The van der Waals surface area contributed by atoms with Gasteiger partial charge in [-0.1, -0.05) is 0 Å². The van der Waals surface area contributed by atoms with E-state index < -0.39 is 18.1 Å². The van der Waals surface area contributed by atoms with E-state index in [0.717, 1.165) is 4.90 Å². The molecule has 1 aromatic carbocycles. The lowest BCUT2D eigenvalue weighted by Gasteiger charge is -2.18. The molecule has 2 amide bonds. The second-order valence-corrected chi connectivity index (χ2v) is 5.16. The first-order valence-corrected chi connectivity index (χ1v) is 7.41. The summed E-state index contributed by atoms with van der Waals surface area (Å²) in [5.41, 5.74) is 0.485. The Kier molecular flexibility index (Phi) is 5.33. The van der Waals surface area contributed by atoms with Gasteiger partial charge in [-0.15, -0.1) is 0 Å². The van der Waals surface area contributed by atoms with Gasteiger partial charge in [-0.2, -0.15) is 0 Å². The number of hydrogen-bond acceptors (Lipinski definition) is 6. The molecule has 124 valence electrons.